The number of aliphatic hydroxyl groups excluding tert-OH is 1. The molecule has 1 unspecified atom stereocenters. The Morgan fingerprint density at radius 1 is 0.885 bits per heavy atom. The van der Waals surface area contributed by atoms with Crippen molar-refractivity contribution in [2.24, 2.45) is 0 Å². The molecule has 6 rings (SSSR count). The average molecular weight is 712 g/mol. The topological polar surface area (TPSA) is 115 Å². The number of hydrogen-bond acceptors (Lipinski definition) is 10. The molecule has 52 heavy (non-hydrogen) atoms. The summed E-state index contributed by atoms with van der Waals surface area (Å²) in [6.45, 7) is 5.33. The summed E-state index contributed by atoms with van der Waals surface area (Å²) in [5.41, 5.74) is 3.57. The van der Waals surface area contributed by atoms with Gasteiger partial charge in [0, 0.05) is 44.7 Å². The summed E-state index contributed by atoms with van der Waals surface area (Å²) in [5, 5.41) is 9.53. The largest absolute Gasteiger partial charge is 0.497 e. The number of ether oxygens (including phenoxy) is 4. The molecule has 276 valence electrons. The fourth-order valence-electron chi connectivity index (χ4n) is 7.04. The van der Waals surface area contributed by atoms with Gasteiger partial charge >= 0.3 is 0 Å². The first kappa shape index (κ1) is 36.6. The molecule has 3 aromatic carbocycles. The Hall–Kier alpha value is -5.20. The molecule has 12 heteroatoms. The number of hydrogen-bond donors (Lipinski definition) is 1. The lowest BCUT2D eigenvalue weighted by Crippen LogP contribution is -2.35. The van der Waals surface area contributed by atoms with E-state index < -0.39 is 0 Å². The summed E-state index contributed by atoms with van der Waals surface area (Å²) < 4.78 is 30.2. The van der Waals surface area contributed by atoms with E-state index in [1.807, 2.05) is 49.5 Å². The lowest BCUT2D eigenvalue weighted by atomic mass is 9.94. The van der Waals surface area contributed by atoms with Crippen molar-refractivity contribution in [3.8, 4) is 23.0 Å². The van der Waals surface area contributed by atoms with Crippen LogP contribution >= 0.6 is 0 Å². The number of para-hydroxylation sites is 2. The number of fused-ring (bicyclic) bond motifs is 1. The second kappa shape index (κ2) is 16.9. The Morgan fingerprint density at radius 2 is 1.65 bits per heavy atom. The zero-order valence-electron chi connectivity index (χ0n) is 30.7. The van der Waals surface area contributed by atoms with Crippen molar-refractivity contribution in [3.05, 3.63) is 95.4 Å². The van der Waals surface area contributed by atoms with Crippen LogP contribution in [0.2, 0.25) is 0 Å². The van der Waals surface area contributed by atoms with Crippen LogP contribution in [0.4, 0.5) is 5.95 Å². The molecule has 3 heterocycles. The molecular formula is C40H49N5O7. The third-order valence-corrected chi connectivity index (χ3v) is 9.80. The highest BCUT2D eigenvalue weighted by molar-refractivity contribution is 5.95. The van der Waals surface area contributed by atoms with E-state index in [-0.39, 0.29) is 18.4 Å². The summed E-state index contributed by atoms with van der Waals surface area (Å²) in [5.74, 6) is 4.28. The standard InChI is InChI=1S/C40H49N5O7/c1-42(39(47)30-23-36(49-3)38(51-5)37(24-30)50-4)25-29(28-10-8-11-31(22-28)48-2)16-19-43-17-9-18-44(21-20-43)40-41-34-12-6-7-13-35(34)45(40)26-32-14-15-33(27-46)52-32/h6-8,10-15,22-24,29,46H,9,16-21,25-27H2,1-5H3. The number of rotatable bonds is 15. The number of methoxy groups -OCH3 is 4. The average Bonchev–Trinajstić information content (AvgIpc) is 3.72. The van der Waals surface area contributed by atoms with E-state index in [4.69, 9.17) is 28.3 Å². The minimum absolute atomic E-state index is 0.0618. The van der Waals surface area contributed by atoms with Gasteiger partial charge < -0.3 is 47.7 Å². The lowest BCUT2D eigenvalue weighted by Gasteiger charge is -2.28. The van der Waals surface area contributed by atoms with Crippen molar-refractivity contribution < 1.29 is 33.3 Å². The molecule has 1 atom stereocenters. The van der Waals surface area contributed by atoms with E-state index in [0.29, 0.717) is 41.7 Å². The Balaban J connectivity index is 1.17. The van der Waals surface area contributed by atoms with Gasteiger partial charge in [0.1, 0.15) is 23.9 Å². The number of nitrogens with zero attached hydrogens (tertiary/aromatic N) is 5. The number of aromatic nitrogens is 2. The molecule has 1 fully saturated rings. The maximum Gasteiger partial charge on any atom is 0.253 e. The summed E-state index contributed by atoms with van der Waals surface area (Å²) in [6.07, 6.45) is 1.84. The van der Waals surface area contributed by atoms with Gasteiger partial charge in [-0.25, -0.2) is 4.98 Å². The van der Waals surface area contributed by atoms with Gasteiger partial charge in [-0.05, 0) is 80.0 Å². The van der Waals surface area contributed by atoms with E-state index >= 15 is 0 Å². The van der Waals surface area contributed by atoms with Crippen LogP contribution in [0.15, 0.2) is 77.2 Å². The van der Waals surface area contributed by atoms with Crippen LogP contribution in [0.25, 0.3) is 11.0 Å². The molecule has 1 saturated heterocycles. The van der Waals surface area contributed by atoms with Crippen molar-refractivity contribution in [2.45, 2.75) is 31.9 Å². The Bertz CT molecular complexity index is 1930. The Kier molecular flexibility index (Phi) is 11.9. The zero-order valence-corrected chi connectivity index (χ0v) is 30.7. The molecule has 1 aliphatic heterocycles. The third kappa shape index (κ3) is 8.13. The quantitative estimate of drug-likeness (QED) is 0.146. The highest BCUT2D eigenvalue weighted by atomic mass is 16.5. The van der Waals surface area contributed by atoms with Crippen LogP contribution in [-0.2, 0) is 13.2 Å². The number of carbonyl (C=O) groups is 1. The maximum atomic E-state index is 13.8. The minimum Gasteiger partial charge on any atom is -0.497 e. The number of likely N-dealkylation sites (N-methyl/N-ethyl adjacent to an activating group) is 1. The molecule has 1 amide bonds. The number of benzene rings is 3. The number of carbonyl (C=O) groups excluding carboxylic acids is 1. The van der Waals surface area contributed by atoms with Gasteiger partial charge in [-0.3, -0.25) is 4.79 Å². The van der Waals surface area contributed by atoms with Gasteiger partial charge in [0.25, 0.3) is 5.91 Å². The van der Waals surface area contributed by atoms with Crippen LogP contribution in [0.5, 0.6) is 23.0 Å². The predicted octanol–water partition coefficient (Wildman–Crippen LogP) is 5.66. The van der Waals surface area contributed by atoms with E-state index in [0.717, 1.165) is 79.6 Å². The smallest absolute Gasteiger partial charge is 0.253 e. The van der Waals surface area contributed by atoms with Gasteiger partial charge in [-0.2, -0.15) is 0 Å². The molecule has 0 radical (unpaired) electrons. The highest BCUT2D eigenvalue weighted by Crippen LogP contribution is 2.38. The van der Waals surface area contributed by atoms with Crippen molar-refractivity contribution in [3.63, 3.8) is 0 Å². The van der Waals surface area contributed by atoms with E-state index in [1.165, 1.54) is 0 Å². The fourth-order valence-corrected chi connectivity index (χ4v) is 7.04. The number of amides is 1. The molecule has 0 bridgehead atoms. The van der Waals surface area contributed by atoms with E-state index in [9.17, 15) is 9.90 Å². The van der Waals surface area contributed by atoms with Gasteiger partial charge in [0.15, 0.2) is 11.5 Å². The summed E-state index contributed by atoms with van der Waals surface area (Å²) >= 11 is 0. The number of imidazole rings is 1. The first-order valence-electron chi connectivity index (χ1n) is 17.7. The number of furan rings is 1. The maximum absolute atomic E-state index is 13.8. The van der Waals surface area contributed by atoms with Crippen molar-refractivity contribution >= 4 is 22.9 Å². The summed E-state index contributed by atoms with van der Waals surface area (Å²) in [7, 11) is 8.14. The first-order chi connectivity index (χ1) is 25.3. The minimum atomic E-state index is -0.136. The SMILES string of the molecule is COc1cccc(C(CCN2CCCN(c3nc4ccccc4n3Cc3ccc(CO)o3)CC2)CN(C)C(=O)c2cc(OC)c(OC)c(OC)c2)c1. The van der Waals surface area contributed by atoms with Crippen LogP contribution in [-0.4, -0.2) is 105 Å². The zero-order chi connectivity index (χ0) is 36.6. The lowest BCUT2D eigenvalue weighted by molar-refractivity contribution is 0.0782. The Morgan fingerprint density at radius 3 is 2.37 bits per heavy atom. The Labute approximate surface area is 305 Å². The molecule has 5 aromatic rings. The van der Waals surface area contributed by atoms with Crippen LogP contribution in [0.3, 0.4) is 0 Å². The normalized spacial score (nSPS) is 14.2. The molecule has 1 N–H and O–H groups in total. The summed E-state index contributed by atoms with van der Waals surface area (Å²) in [4.78, 5) is 25.5. The molecule has 0 aliphatic carbocycles. The van der Waals surface area contributed by atoms with Gasteiger partial charge in [0.05, 0.1) is 46.0 Å². The van der Waals surface area contributed by atoms with Crippen LogP contribution in [0.1, 0.15) is 46.2 Å². The number of aliphatic hydroxyl groups is 1. The molecule has 0 saturated carbocycles. The second-order valence-corrected chi connectivity index (χ2v) is 13.1. The van der Waals surface area contributed by atoms with Gasteiger partial charge in [0.2, 0.25) is 11.7 Å². The van der Waals surface area contributed by atoms with Crippen LogP contribution < -0.4 is 23.8 Å². The van der Waals surface area contributed by atoms with Crippen molar-refractivity contribution in [1.82, 2.24) is 19.4 Å². The molecule has 12 nitrogen and oxygen atoms in total. The monoisotopic (exact) mass is 711 g/mol. The van der Waals surface area contributed by atoms with Gasteiger partial charge in [-0.1, -0.05) is 24.3 Å². The first-order valence-corrected chi connectivity index (χ1v) is 17.7. The van der Waals surface area contributed by atoms with E-state index in [2.05, 4.69) is 32.6 Å². The fraction of sp³-hybridized carbons (Fsp3) is 0.400. The molecule has 1 aliphatic rings. The third-order valence-electron chi connectivity index (χ3n) is 9.80. The second-order valence-electron chi connectivity index (χ2n) is 13.1. The number of anilines is 1. The van der Waals surface area contributed by atoms with E-state index in [1.54, 1.807) is 45.5 Å². The van der Waals surface area contributed by atoms with Gasteiger partial charge in [-0.15, -0.1) is 0 Å². The van der Waals surface area contributed by atoms with Crippen molar-refractivity contribution in [2.75, 3.05) is 79.7 Å². The molecule has 0 spiro atoms. The van der Waals surface area contributed by atoms with Crippen LogP contribution in [0, 0.1) is 0 Å². The highest BCUT2D eigenvalue weighted by Gasteiger charge is 2.25. The summed E-state index contributed by atoms with van der Waals surface area (Å²) in [6, 6.07) is 23.4. The molecule has 2 aromatic heterocycles. The predicted molar refractivity (Wildman–Crippen MR) is 200 cm³/mol. The van der Waals surface area contributed by atoms with Crippen molar-refractivity contribution in [1.29, 1.82) is 0 Å². The molecular weight excluding hydrogens is 662 g/mol.